The number of hydrogen-bond acceptors (Lipinski definition) is 3. The van der Waals surface area contributed by atoms with Crippen molar-refractivity contribution in [2.24, 2.45) is 0 Å². The lowest BCUT2D eigenvalue weighted by molar-refractivity contribution is -0.116. The molecule has 94 valence electrons. The summed E-state index contributed by atoms with van der Waals surface area (Å²) in [4.78, 5) is 15.6. The van der Waals surface area contributed by atoms with Crippen LogP contribution in [-0.2, 0) is 4.79 Å². The average Bonchev–Trinajstić information content (AvgIpc) is 2.85. The smallest absolute Gasteiger partial charge is 0.226 e. The fraction of sp³-hybridized carbons (Fsp3) is 0.250. The van der Waals surface area contributed by atoms with Crippen molar-refractivity contribution < 1.29 is 9.18 Å². The molecule has 6 heteroatoms. The van der Waals surface area contributed by atoms with E-state index in [0.29, 0.717) is 5.69 Å². The van der Waals surface area contributed by atoms with Crippen molar-refractivity contribution >= 4 is 11.6 Å². The molecule has 0 saturated carbocycles. The monoisotopic (exact) mass is 248 g/mol. The second kappa shape index (κ2) is 5.39. The number of benzene rings is 1. The summed E-state index contributed by atoms with van der Waals surface area (Å²) in [5, 5.41) is 6.66. The second-order valence-corrected chi connectivity index (χ2v) is 3.98. The molecule has 0 radical (unpaired) electrons. The van der Waals surface area contributed by atoms with Crippen LogP contribution in [0.5, 0.6) is 0 Å². The van der Waals surface area contributed by atoms with Crippen molar-refractivity contribution in [2.45, 2.75) is 19.4 Å². The number of amides is 1. The van der Waals surface area contributed by atoms with Crippen LogP contribution < -0.4 is 5.32 Å². The van der Waals surface area contributed by atoms with E-state index in [-0.39, 0.29) is 24.2 Å². The van der Waals surface area contributed by atoms with E-state index in [1.54, 1.807) is 11.0 Å². The highest BCUT2D eigenvalue weighted by atomic mass is 19.1. The minimum atomic E-state index is -0.330. The van der Waals surface area contributed by atoms with Crippen molar-refractivity contribution in [3.05, 3.63) is 42.7 Å². The van der Waals surface area contributed by atoms with Gasteiger partial charge in [0.1, 0.15) is 18.5 Å². The van der Waals surface area contributed by atoms with Gasteiger partial charge in [0.05, 0.1) is 6.04 Å². The van der Waals surface area contributed by atoms with Crippen LogP contribution in [0.3, 0.4) is 0 Å². The van der Waals surface area contributed by atoms with E-state index in [0.717, 1.165) is 0 Å². The van der Waals surface area contributed by atoms with Crippen LogP contribution in [-0.4, -0.2) is 20.7 Å². The number of rotatable bonds is 4. The predicted molar refractivity (Wildman–Crippen MR) is 64.4 cm³/mol. The number of anilines is 1. The molecular weight excluding hydrogens is 235 g/mol. The largest absolute Gasteiger partial charge is 0.326 e. The zero-order valence-corrected chi connectivity index (χ0v) is 9.88. The van der Waals surface area contributed by atoms with Crippen LogP contribution in [0, 0.1) is 5.82 Å². The molecule has 0 spiro atoms. The molecule has 2 rings (SSSR count). The number of nitrogens with zero attached hydrogens (tertiary/aromatic N) is 3. The molecule has 0 saturated heterocycles. The Morgan fingerprint density at radius 1 is 1.44 bits per heavy atom. The van der Waals surface area contributed by atoms with Crippen LogP contribution in [0.4, 0.5) is 10.1 Å². The number of nitrogens with one attached hydrogen (secondary N) is 1. The first-order valence-corrected chi connectivity index (χ1v) is 5.54. The van der Waals surface area contributed by atoms with Crippen LogP contribution in [0.25, 0.3) is 0 Å². The van der Waals surface area contributed by atoms with Gasteiger partial charge in [-0.05, 0) is 31.2 Å². The van der Waals surface area contributed by atoms with Crippen molar-refractivity contribution in [1.29, 1.82) is 0 Å². The summed E-state index contributed by atoms with van der Waals surface area (Å²) in [5.41, 5.74) is 0.576. The number of carbonyl (C=O) groups excluding carboxylic acids is 1. The number of hydrogen-bond donors (Lipinski definition) is 1. The number of halogens is 1. The Kier molecular flexibility index (Phi) is 3.66. The zero-order chi connectivity index (χ0) is 13.0. The third-order valence-electron chi connectivity index (χ3n) is 2.50. The Balaban J connectivity index is 1.91. The first kappa shape index (κ1) is 12.2. The van der Waals surface area contributed by atoms with Crippen LogP contribution in [0.2, 0.25) is 0 Å². The molecule has 1 atom stereocenters. The quantitative estimate of drug-likeness (QED) is 0.900. The van der Waals surface area contributed by atoms with Gasteiger partial charge in [0.2, 0.25) is 5.91 Å². The molecule has 0 unspecified atom stereocenters. The van der Waals surface area contributed by atoms with Crippen molar-refractivity contribution in [3.63, 3.8) is 0 Å². The standard InChI is InChI=1S/C12H13FN4O/c1-9(17-8-14-7-15-17)6-12(18)16-11-4-2-10(13)3-5-11/h2-5,7-9H,6H2,1H3,(H,16,18)/t9-/m0/s1. The van der Waals surface area contributed by atoms with Crippen LogP contribution in [0.1, 0.15) is 19.4 Å². The highest BCUT2D eigenvalue weighted by Crippen LogP contribution is 2.12. The molecule has 18 heavy (non-hydrogen) atoms. The van der Waals surface area contributed by atoms with Gasteiger partial charge in [0.25, 0.3) is 0 Å². The molecular formula is C12H13FN4O. The Hall–Kier alpha value is -2.24. The highest BCUT2D eigenvalue weighted by Gasteiger charge is 2.11. The summed E-state index contributed by atoms with van der Waals surface area (Å²) in [6.45, 7) is 1.87. The zero-order valence-electron chi connectivity index (χ0n) is 9.88. The molecule has 0 aliphatic heterocycles. The molecule has 1 amide bonds. The van der Waals surface area contributed by atoms with Gasteiger partial charge in [0, 0.05) is 12.1 Å². The molecule has 1 N–H and O–H groups in total. The Bertz CT molecular complexity index is 509. The predicted octanol–water partition coefficient (Wildman–Crippen LogP) is 2.01. The summed E-state index contributed by atoms with van der Waals surface area (Å²) in [7, 11) is 0. The van der Waals surface area contributed by atoms with Crippen molar-refractivity contribution in [1.82, 2.24) is 14.8 Å². The minimum Gasteiger partial charge on any atom is -0.326 e. The first-order valence-electron chi connectivity index (χ1n) is 5.54. The maximum absolute atomic E-state index is 12.7. The van der Waals surface area contributed by atoms with Gasteiger partial charge < -0.3 is 5.32 Å². The van der Waals surface area contributed by atoms with Crippen LogP contribution >= 0.6 is 0 Å². The van der Waals surface area contributed by atoms with E-state index in [9.17, 15) is 9.18 Å². The lowest BCUT2D eigenvalue weighted by Crippen LogP contribution is -2.17. The van der Waals surface area contributed by atoms with Gasteiger partial charge in [-0.3, -0.25) is 4.79 Å². The lowest BCUT2D eigenvalue weighted by Gasteiger charge is -2.11. The summed E-state index contributed by atoms with van der Waals surface area (Å²) in [6, 6.07) is 5.57. The third-order valence-corrected chi connectivity index (χ3v) is 2.50. The van der Waals surface area contributed by atoms with E-state index in [1.165, 1.54) is 30.6 Å². The molecule has 0 aliphatic rings. The fourth-order valence-corrected chi connectivity index (χ4v) is 1.55. The maximum atomic E-state index is 12.7. The summed E-state index contributed by atoms with van der Waals surface area (Å²) in [5.74, 6) is -0.478. The number of carbonyl (C=O) groups is 1. The highest BCUT2D eigenvalue weighted by molar-refractivity contribution is 5.90. The van der Waals surface area contributed by atoms with Gasteiger partial charge in [0.15, 0.2) is 0 Å². The molecule has 0 bridgehead atoms. The molecule has 5 nitrogen and oxygen atoms in total. The average molecular weight is 248 g/mol. The molecule has 0 aliphatic carbocycles. The van der Waals surface area contributed by atoms with E-state index in [4.69, 9.17) is 0 Å². The molecule has 1 aromatic heterocycles. The molecule has 1 heterocycles. The second-order valence-electron chi connectivity index (χ2n) is 3.98. The fourth-order valence-electron chi connectivity index (χ4n) is 1.55. The van der Waals surface area contributed by atoms with E-state index in [2.05, 4.69) is 15.4 Å². The summed E-state index contributed by atoms with van der Waals surface area (Å²) in [6.07, 6.45) is 3.27. The maximum Gasteiger partial charge on any atom is 0.226 e. The Morgan fingerprint density at radius 3 is 2.78 bits per heavy atom. The minimum absolute atomic E-state index is 0.0760. The van der Waals surface area contributed by atoms with E-state index in [1.807, 2.05) is 6.92 Å². The van der Waals surface area contributed by atoms with Crippen molar-refractivity contribution in [3.8, 4) is 0 Å². The van der Waals surface area contributed by atoms with Crippen LogP contribution in [0.15, 0.2) is 36.9 Å². The summed E-state index contributed by atoms with van der Waals surface area (Å²) >= 11 is 0. The lowest BCUT2D eigenvalue weighted by atomic mass is 10.2. The SMILES string of the molecule is C[C@@H](CC(=O)Nc1ccc(F)cc1)n1cncn1. The first-order chi connectivity index (χ1) is 8.65. The van der Waals surface area contributed by atoms with Gasteiger partial charge in [-0.25, -0.2) is 14.1 Å². The Morgan fingerprint density at radius 2 is 2.17 bits per heavy atom. The van der Waals surface area contributed by atoms with E-state index >= 15 is 0 Å². The molecule has 2 aromatic rings. The summed E-state index contributed by atoms with van der Waals surface area (Å²) < 4.78 is 14.3. The molecule has 1 aromatic carbocycles. The topological polar surface area (TPSA) is 59.8 Å². The normalized spacial score (nSPS) is 12.1. The Labute approximate surface area is 104 Å². The van der Waals surface area contributed by atoms with Gasteiger partial charge in [-0.1, -0.05) is 0 Å². The van der Waals surface area contributed by atoms with Crippen molar-refractivity contribution in [2.75, 3.05) is 5.32 Å². The van der Waals surface area contributed by atoms with Gasteiger partial charge >= 0.3 is 0 Å². The van der Waals surface area contributed by atoms with E-state index < -0.39 is 0 Å². The van der Waals surface area contributed by atoms with Gasteiger partial charge in [-0.15, -0.1) is 0 Å². The van der Waals surface area contributed by atoms with Gasteiger partial charge in [-0.2, -0.15) is 5.10 Å². The number of aromatic nitrogens is 3. The third kappa shape index (κ3) is 3.13. The molecule has 0 fully saturated rings.